The fraction of sp³-hybridized carbons (Fsp3) is 0.480. The topological polar surface area (TPSA) is 167 Å². The zero-order valence-corrected chi connectivity index (χ0v) is 22.6. The minimum Gasteiger partial charge on any atom is -0.475 e. The van der Waals surface area contributed by atoms with Crippen LogP contribution in [0.15, 0.2) is 24.4 Å². The molecule has 2 saturated heterocycles. The first-order valence-corrected chi connectivity index (χ1v) is 12.8. The van der Waals surface area contributed by atoms with E-state index < -0.39 is 24.1 Å². The molecule has 4 amide bonds. The van der Waals surface area contributed by atoms with Gasteiger partial charge in [0.25, 0.3) is 11.8 Å². The molecule has 5 rings (SSSR count). The summed E-state index contributed by atoms with van der Waals surface area (Å²) >= 11 is 0. The van der Waals surface area contributed by atoms with Crippen LogP contribution in [0, 0.1) is 0 Å². The number of likely N-dealkylation sites (N-methyl/N-ethyl adjacent to an activating group) is 2. The Bertz CT molecular complexity index is 1400. The summed E-state index contributed by atoms with van der Waals surface area (Å²) in [5, 5.41) is 17.6. The van der Waals surface area contributed by atoms with Gasteiger partial charge in [-0.15, -0.1) is 5.10 Å². The Morgan fingerprint density at radius 3 is 2.60 bits per heavy atom. The number of rotatable bonds is 5. The van der Waals surface area contributed by atoms with Crippen LogP contribution in [0.1, 0.15) is 39.3 Å². The molecule has 0 spiro atoms. The molecule has 2 aromatic rings. The number of amides is 4. The van der Waals surface area contributed by atoms with Gasteiger partial charge in [-0.1, -0.05) is 5.21 Å². The highest BCUT2D eigenvalue weighted by atomic mass is 19.4. The van der Waals surface area contributed by atoms with Crippen molar-refractivity contribution in [3.63, 3.8) is 0 Å². The number of carboxylic acids is 1. The van der Waals surface area contributed by atoms with E-state index in [9.17, 15) is 32.3 Å². The Morgan fingerprint density at radius 2 is 1.95 bits per heavy atom. The molecule has 226 valence electrons. The van der Waals surface area contributed by atoms with E-state index in [1.54, 1.807) is 36.3 Å². The summed E-state index contributed by atoms with van der Waals surface area (Å²) in [6, 6.07) is 4.54. The van der Waals surface area contributed by atoms with Crippen LogP contribution in [-0.4, -0.2) is 123 Å². The smallest absolute Gasteiger partial charge is 0.475 e. The van der Waals surface area contributed by atoms with Gasteiger partial charge < -0.3 is 24.5 Å². The Labute approximate surface area is 237 Å². The third kappa shape index (κ3) is 6.91. The number of imide groups is 1. The summed E-state index contributed by atoms with van der Waals surface area (Å²) in [6.07, 6.45) is -3.07. The molecule has 0 saturated carbocycles. The Hall–Kier alpha value is -4.38. The fourth-order valence-corrected chi connectivity index (χ4v) is 4.75. The summed E-state index contributed by atoms with van der Waals surface area (Å²) in [5.41, 5.74) is 2.11. The summed E-state index contributed by atoms with van der Waals surface area (Å²) in [7, 11) is 3.74. The van der Waals surface area contributed by atoms with Crippen molar-refractivity contribution >= 4 is 29.6 Å². The minimum atomic E-state index is -5.08. The quantitative estimate of drug-likeness (QED) is 0.452. The fourth-order valence-electron chi connectivity index (χ4n) is 4.75. The highest BCUT2D eigenvalue weighted by molar-refractivity contribution is 6.05. The van der Waals surface area contributed by atoms with Crippen molar-refractivity contribution in [3.05, 3.63) is 41.2 Å². The van der Waals surface area contributed by atoms with E-state index in [2.05, 4.69) is 20.5 Å². The van der Waals surface area contributed by atoms with Crippen LogP contribution in [0.5, 0.6) is 0 Å². The Morgan fingerprint density at radius 1 is 1.24 bits per heavy atom. The molecule has 4 heterocycles. The zero-order chi connectivity index (χ0) is 30.8. The molecule has 3 aliphatic rings. The minimum absolute atomic E-state index is 0.0562. The van der Waals surface area contributed by atoms with Gasteiger partial charge >= 0.3 is 12.1 Å². The molecule has 0 bridgehead atoms. The molecule has 1 aromatic heterocycles. The normalized spacial score (nSPS) is 20.9. The largest absolute Gasteiger partial charge is 0.490 e. The van der Waals surface area contributed by atoms with Crippen molar-refractivity contribution in [2.45, 2.75) is 37.7 Å². The average Bonchev–Trinajstić information content (AvgIpc) is 3.53. The van der Waals surface area contributed by atoms with E-state index in [1.165, 1.54) is 9.58 Å². The van der Waals surface area contributed by atoms with E-state index in [0.29, 0.717) is 30.8 Å². The number of hydrogen-bond acceptors (Lipinski definition) is 9. The number of aliphatic carboxylic acids is 1. The monoisotopic (exact) mass is 595 g/mol. The number of ether oxygens (including phenoxy) is 1. The maximum atomic E-state index is 12.9. The summed E-state index contributed by atoms with van der Waals surface area (Å²) < 4.78 is 39.0. The first kappa shape index (κ1) is 30.6. The molecule has 14 nitrogen and oxygen atoms in total. The number of piperidine rings is 1. The second kappa shape index (κ2) is 12.2. The third-order valence-corrected chi connectivity index (χ3v) is 6.89. The second-order valence-electron chi connectivity index (χ2n) is 10.0. The number of carbonyl (C=O) groups is 5. The lowest BCUT2D eigenvalue weighted by molar-refractivity contribution is -0.192. The number of carbonyl (C=O) groups excluding carboxylic acids is 4. The molecule has 0 aliphatic carbocycles. The second-order valence-corrected chi connectivity index (χ2v) is 10.0. The average molecular weight is 596 g/mol. The van der Waals surface area contributed by atoms with Crippen LogP contribution in [-0.2, 0) is 25.7 Å². The molecule has 2 fully saturated rings. The maximum absolute atomic E-state index is 12.9. The SMILES string of the molecule is CN1CCOC(CN(C)C(=O)c2cn(-c3ccc4c(c3)CN(C3CCC(=O)NC3=O)C4=O)nn2)C1.O=C(O)C(F)(F)F. The van der Waals surface area contributed by atoms with Gasteiger partial charge in [0.15, 0.2) is 5.69 Å². The molecule has 3 aliphatic heterocycles. The standard InChI is InChI=1S/C23H27N7O5.C2HF3O2/c1-27-7-8-35-16(11-27)12-28(2)23(34)18-13-30(26-25-18)15-3-4-17-14(9-15)10-29(22(17)33)19-5-6-20(31)24-21(19)32;3-2(4,5)1(6)7/h3-4,9,13,16,19H,5-8,10-12H2,1-2H3,(H,24,31,32);(H,6,7). The van der Waals surface area contributed by atoms with E-state index in [0.717, 1.165) is 18.7 Å². The van der Waals surface area contributed by atoms with Crippen molar-refractivity contribution in [2.24, 2.45) is 0 Å². The van der Waals surface area contributed by atoms with Gasteiger partial charge in [0.1, 0.15) is 6.04 Å². The van der Waals surface area contributed by atoms with Crippen LogP contribution in [0.25, 0.3) is 5.69 Å². The molecule has 1 aromatic carbocycles. The van der Waals surface area contributed by atoms with Gasteiger partial charge in [-0.2, -0.15) is 13.2 Å². The summed E-state index contributed by atoms with van der Waals surface area (Å²) in [5.74, 6) is -4.02. The van der Waals surface area contributed by atoms with Crippen LogP contribution < -0.4 is 5.32 Å². The predicted octanol–water partition coefficient (Wildman–Crippen LogP) is 0.0642. The zero-order valence-electron chi connectivity index (χ0n) is 22.6. The van der Waals surface area contributed by atoms with Crippen LogP contribution in [0.2, 0.25) is 0 Å². The van der Waals surface area contributed by atoms with Gasteiger partial charge in [-0.25, -0.2) is 9.48 Å². The van der Waals surface area contributed by atoms with Gasteiger partial charge in [0, 0.05) is 45.2 Å². The van der Waals surface area contributed by atoms with Crippen molar-refractivity contribution in [2.75, 3.05) is 40.3 Å². The van der Waals surface area contributed by atoms with Gasteiger partial charge in [-0.05, 0) is 37.2 Å². The molecule has 42 heavy (non-hydrogen) atoms. The van der Waals surface area contributed by atoms with Crippen LogP contribution >= 0.6 is 0 Å². The Balaban J connectivity index is 0.000000517. The lowest BCUT2D eigenvalue weighted by atomic mass is 10.0. The van der Waals surface area contributed by atoms with E-state index in [4.69, 9.17) is 14.6 Å². The van der Waals surface area contributed by atoms with Crippen molar-refractivity contribution in [3.8, 4) is 5.69 Å². The number of nitrogens with zero attached hydrogens (tertiary/aromatic N) is 6. The molecule has 17 heteroatoms. The number of fused-ring (bicyclic) bond motifs is 1. The number of alkyl halides is 3. The number of aromatic nitrogens is 3. The van der Waals surface area contributed by atoms with Gasteiger partial charge in [-0.3, -0.25) is 24.5 Å². The number of nitrogens with one attached hydrogen (secondary N) is 1. The molecule has 2 atom stereocenters. The van der Waals surface area contributed by atoms with Crippen molar-refractivity contribution in [1.82, 2.24) is 35.0 Å². The first-order chi connectivity index (χ1) is 19.7. The first-order valence-electron chi connectivity index (χ1n) is 12.8. The molecular formula is C25H28F3N7O7. The third-order valence-electron chi connectivity index (χ3n) is 6.89. The number of morpholine rings is 1. The van der Waals surface area contributed by atoms with Gasteiger partial charge in [0.2, 0.25) is 11.8 Å². The van der Waals surface area contributed by atoms with Crippen LogP contribution in [0.3, 0.4) is 0 Å². The highest BCUT2D eigenvalue weighted by Gasteiger charge is 2.39. The maximum Gasteiger partial charge on any atom is 0.490 e. The number of benzene rings is 1. The molecule has 2 N–H and O–H groups in total. The van der Waals surface area contributed by atoms with Crippen molar-refractivity contribution in [1.29, 1.82) is 0 Å². The van der Waals surface area contributed by atoms with E-state index >= 15 is 0 Å². The number of carboxylic acid groups (broad SMARTS) is 1. The Kier molecular flexibility index (Phi) is 8.91. The summed E-state index contributed by atoms with van der Waals surface area (Å²) in [6.45, 7) is 2.98. The van der Waals surface area contributed by atoms with Gasteiger partial charge in [0.05, 0.1) is 24.6 Å². The van der Waals surface area contributed by atoms with E-state index in [1.807, 2.05) is 7.05 Å². The summed E-state index contributed by atoms with van der Waals surface area (Å²) in [4.78, 5) is 63.6. The number of hydrogen-bond donors (Lipinski definition) is 2. The molecular weight excluding hydrogens is 567 g/mol. The van der Waals surface area contributed by atoms with Crippen LogP contribution in [0.4, 0.5) is 13.2 Å². The highest BCUT2D eigenvalue weighted by Crippen LogP contribution is 2.29. The molecule has 0 radical (unpaired) electrons. The van der Waals surface area contributed by atoms with Crippen molar-refractivity contribution < 1.29 is 47.0 Å². The predicted molar refractivity (Wildman–Crippen MR) is 135 cm³/mol. The number of halogens is 3. The molecule has 2 unspecified atom stereocenters. The van der Waals surface area contributed by atoms with E-state index in [-0.39, 0.29) is 42.5 Å². The lowest BCUT2D eigenvalue weighted by Gasteiger charge is -2.32. The lowest BCUT2D eigenvalue weighted by Crippen LogP contribution is -2.52.